The predicted molar refractivity (Wildman–Crippen MR) is 82.7 cm³/mol. The molecule has 0 radical (unpaired) electrons. The van der Waals surface area contributed by atoms with Gasteiger partial charge in [0.25, 0.3) is 0 Å². The highest BCUT2D eigenvalue weighted by Gasteiger charge is 2.34. The summed E-state index contributed by atoms with van der Waals surface area (Å²) in [6.07, 6.45) is -2.64. The van der Waals surface area contributed by atoms with E-state index in [-0.39, 0.29) is 12.0 Å². The Bertz CT molecular complexity index is 510. The van der Waals surface area contributed by atoms with Gasteiger partial charge in [0.05, 0.1) is 5.56 Å². The van der Waals surface area contributed by atoms with Crippen molar-refractivity contribution in [2.75, 3.05) is 26.2 Å². The SMILES string of the molecule is CCCC(C)[C@@H](c1ccc(C(F)(F)F)cc1F)N1CCNCC1. The lowest BCUT2D eigenvalue weighted by Gasteiger charge is -2.39. The molecule has 1 unspecified atom stereocenters. The number of nitrogens with one attached hydrogen (secondary N) is 1. The summed E-state index contributed by atoms with van der Waals surface area (Å²) >= 11 is 0. The minimum absolute atomic E-state index is 0.181. The highest BCUT2D eigenvalue weighted by molar-refractivity contribution is 5.29. The van der Waals surface area contributed by atoms with Crippen LogP contribution in [0.3, 0.4) is 0 Å². The number of hydrogen-bond donors (Lipinski definition) is 1. The van der Waals surface area contributed by atoms with Gasteiger partial charge in [-0.3, -0.25) is 4.90 Å². The Labute approximate surface area is 134 Å². The zero-order valence-electron chi connectivity index (χ0n) is 13.6. The molecule has 130 valence electrons. The van der Waals surface area contributed by atoms with Crippen molar-refractivity contribution in [2.45, 2.75) is 38.9 Å². The Balaban J connectivity index is 2.34. The second-order valence-electron chi connectivity index (χ2n) is 6.23. The molecule has 1 aromatic carbocycles. The van der Waals surface area contributed by atoms with E-state index in [0.29, 0.717) is 11.6 Å². The maximum absolute atomic E-state index is 14.4. The molecule has 1 saturated heterocycles. The fourth-order valence-corrected chi connectivity index (χ4v) is 3.38. The van der Waals surface area contributed by atoms with E-state index < -0.39 is 17.6 Å². The minimum atomic E-state index is -4.51. The number of alkyl halides is 3. The summed E-state index contributed by atoms with van der Waals surface area (Å²) in [6.45, 7) is 7.30. The van der Waals surface area contributed by atoms with Crippen LogP contribution in [0.4, 0.5) is 17.6 Å². The lowest BCUT2D eigenvalue weighted by molar-refractivity contribution is -0.137. The Morgan fingerprint density at radius 3 is 2.39 bits per heavy atom. The molecular weight excluding hydrogens is 308 g/mol. The van der Waals surface area contributed by atoms with Gasteiger partial charge in [0.15, 0.2) is 0 Å². The molecule has 0 bridgehead atoms. The van der Waals surface area contributed by atoms with Crippen LogP contribution >= 0.6 is 0 Å². The van der Waals surface area contributed by atoms with E-state index in [1.165, 1.54) is 6.07 Å². The van der Waals surface area contributed by atoms with Gasteiger partial charge < -0.3 is 5.32 Å². The molecule has 1 aliphatic rings. The Kier molecular flexibility index (Phi) is 6.03. The molecule has 0 spiro atoms. The normalized spacial score (nSPS) is 19.6. The summed E-state index contributed by atoms with van der Waals surface area (Å²) < 4.78 is 52.7. The van der Waals surface area contributed by atoms with Crippen molar-refractivity contribution < 1.29 is 17.6 Å². The molecule has 0 saturated carbocycles. The van der Waals surface area contributed by atoms with Crippen molar-refractivity contribution in [3.05, 3.63) is 35.1 Å². The van der Waals surface area contributed by atoms with Crippen molar-refractivity contribution in [1.82, 2.24) is 10.2 Å². The Morgan fingerprint density at radius 1 is 1.22 bits per heavy atom. The first kappa shape index (κ1) is 18.2. The van der Waals surface area contributed by atoms with E-state index in [4.69, 9.17) is 0 Å². The fraction of sp³-hybridized carbons (Fsp3) is 0.647. The standard InChI is InChI=1S/C17H24F4N2/c1-3-4-12(2)16(23-9-7-22-8-10-23)14-6-5-13(11-15(14)18)17(19,20)21/h5-6,11-12,16,22H,3-4,7-10H2,1-2H3/t12?,16-/m0/s1. The van der Waals surface area contributed by atoms with Gasteiger partial charge in [0, 0.05) is 37.8 Å². The van der Waals surface area contributed by atoms with Crippen LogP contribution in [0.15, 0.2) is 18.2 Å². The largest absolute Gasteiger partial charge is 0.416 e. The number of hydrogen-bond acceptors (Lipinski definition) is 2. The average molecular weight is 332 g/mol. The van der Waals surface area contributed by atoms with Gasteiger partial charge in [0.2, 0.25) is 0 Å². The third kappa shape index (κ3) is 4.44. The van der Waals surface area contributed by atoms with Gasteiger partial charge in [-0.25, -0.2) is 4.39 Å². The van der Waals surface area contributed by atoms with Gasteiger partial charge in [0.1, 0.15) is 5.82 Å². The van der Waals surface area contributed by atoms with Gasteiger partial charge in [-0.2, -0.15) is 13.2 Å². The zero-order chi connectivity index (χ0) is 17.0. The molecule has 2 nitrogen and oxygen atoms in total. The number of nitrogens with zero attached hydrogens (tertiary/aromatic N) is 1. The Morgan fingerprint density at radius 2 is 1.87 bits per heavy atom. The first-order valence-corrected chi connectivity index (χ1v) is 8.16. The van der Waals surface area contributed by atoms with E-state index in [2.05, 4.69) is 17.1 Å². The lowest BCUT2D eigenvalue weighted by atomic mass is 9.88. The van der Waals surface area contributed by atoms with Crippen LogP contribution in [-0.2, 0) is 6.18 Å². The van der Waals surface area contributed by atoms with Crippen molar-refractivity contribution in [1.29, 1.82) is 0 Å². The highest BCUT2D eigenvalue weighted by atomic mass is 19.4. The highest BCUT2D eigenvalue weighted by Crippen LogP contribution is 2.36. The summed E-state index contributed by atoms with van der Waals surface area (Å²) in [5.74, 6) is -0.573. The van der Waals surface area contributed by atoms with Gasteiger partial charge in [-0.15, -0.1) is 0 Å². The third-order valence-electron chi connectivity index (χ3n) is 4.47. The summed E-state index contributed by atoms with van der Waals surface area (Å²) in [6, 6.07) is 2.76. The van der Waals surface area contributed by atoms with Crippen molar-refractivity contribution in [3.63, 3.8) is 0 Å². The van der Waals surface area contributed by atoms with Crippen LogP contribution in [0.2, 0.25) is 0 Å². The topological polar surface area (TPSA) is 15.3 Å². The van der Waals surface area contributed by atoms with Crippen LogP contribution < -0.4 is 5.32 Å². The van der Waals surface area contributed by atoms with E-state index in [0.717, 1.165) is 45.1 Å². The molecule has 1 fully saturated rings. The molecule has 0 aliphatic carbocycles. The lowest BCUT2D eigenvalue weighted by Crippen LogP contribution is -2.46. The third-order valence-corrected chi connectivity index (χ3v) is 4.47. The summed E-state index contributed by atoms with van der Waals surface area (Å²) in [5.41, 5.74) is -0.554. The zero-order valence-corrected chi connectivity index (χ0v) is 13.6. The molecule has 1 heterocycles. The summed E-state index contributed by atoms with van der Waals surface area (Å²) in [7, 11) is 0. The van der Waals surface area contributed by atoms with Crippen LogP contribution in [0.25, 0.3) is 0 Å². The number of rotatable bonds is 5. The molecule has 2 atom stereocenters. The molecule has 2 rings (SSSR count). The van der Waals surface area contributed by atoms with Crippen LogP contribution in [0.1, 0.15) is 43.9 Å². The molecule has 23 heavy (non-hydrogen) atoms. The van der Waals surface area contributed by atoms with Gasteiger partial charge in [-0.1, -0.05) is 26.3 Å². The number of benzene rings is 1. The van der Waals surface area contributed by atoms with Gasteiger partial charge in [-0.05, 0) is 24.5 Å². The fourth-order valence-electron chi connectivity index (χ4n) is 3.38. The van der Waals surface area contributed by atoms with E-state index in [1.807, 2.05) is 6.92 Å². The monoisotopic (exact) mass is 332 g/mol. The quantitative estimate of drug-likeness (QED) is 0.812. The maximum atomic E-state index is 14.4. The van der Waals surface area contributed by atoms with Crippen LogP contribution in [0, 0.1) is 11.7 Å². The minimum Gasteiger partial charge on any atom is -0.314 e. The number of piperazine rings is 1. The second kappa shape index (κ2) is 7.62. The molecular formula is C17H24F4N2. The summed E-state index contributed by atoms with van der Waals surface area (Å²) in [4.78, 5) is 2.18. The van der Waals surface area contributed by atoms with Crippen molar-refractivity contribution >= 4 is 0 Å². The first-order chi connectivity index (χ1) is 10.8. The predicted octanol–water partition coefficient (Wildman–Crippen LogP) is 4.23. The van der Waals surface area contributed by atoms with E-state index in [9.17, 15) is 17.6 Å². The van der Waals surface area contributed by atoms with Crippen LogP contribution in [-0.4, -0.2) is 31.1 Å². The van der Waals surface area contributed by atoms with E-state index >= 15 is 0 Å². The van der Waals surface area contributed by atoms with Gasteiger partial charge >= 0.3 is 6.18 Å². The molecule has 6 heteroatoms. The smallest absolute Gasteiger partial charge is 0.314 e. The molecule has 1 aromatic rings. The first-order valence-electron chi connectivity index (χ1n) is 8.16. The average Bonchev–Trinajstić information content (AvgIpc) is 2.49. The van der Waals surface area contributed by atoms with Crippen molar-refractivity contribution in [2.24, 2.45) is 5.92 Å². The van der Waals surface area contributed by atoms with Crippen LogP contribution in [0.5, 0.6) is 0 Å². The second-order valence-corrected chi connectivity index (χ2v) is 6.23. The molecule has 0 aromatic heterocycles. The number of halogens is 4. The molecule has 1 N–H and O–H groups in total. The molecule has 1 aliphatic heterocycles. The molecule has 0 amide bonds. The maximum Gasteiger partial charge on any atom is 0.416 e. The van der Waals surface area contributed by atoms with E-state index in [1.54, 1.807) is 0 Å². The Hall–Kier alpha value is -1.14. The van der Waals surface area contributed by atoms with Crippen molar-refractivity contribution in [3.8, 4) is 0 Å². The summed E-state index contributed by atoms with van der Waals surface area (Å²) in [5, 5.41) is 3.25.